The number of hydrogen-bond acceptors (Lipinski definition) is 13. The number of allylic oxidation sites excluding steroid dienone is 3. The maximum Gasteiger partial charge on any atom is 0.335 e. The van der Waals surface area contributed by atoms with E-state index in [0.717, 1.165) is 29.2 Å². The molecule has 5 N–H and O–H groups in total. The Labute approximate surface area is 390 Å². The zero-order chi connectivity index (χ0) is 50.5. The molecule has 0 spiro atoms. The second kappa shape index (κ2) is 28.0. The van der Waals surface area contributed by atoms with Crippen molar-refractivity contribution in [2.24, 2.45) is 22.7 Å². The first-order valence-electron chi connectivity index (χ1n) is 22.2. The molecule has 16 heteroatoms. The highest BCUT2D eigenvalue weighted by atomic mass is 32.2. The zero-order valence-corrected chi connectivity index (χ0v) is 41.8. The van der Waals surface area contributed by atoms with Crippen molar-refractivity contribution in [1.82, 2.24) is 5.32 Å². The number of nitrogens with one attached hydrogen (secondary N) is 1. The molecule has 3 aliphatic carbocycles. The van der Waals surface area contributed by atoms with Crippen molar-refractivity contribution < 1.29 is 68.1 Å². The van der Waals surface area contributed by atoms with Gasteiger partial charge in [-0.2, -0.15) is 0 Å². The van der Waals surface area contributed by atoms with E-state index in [4.69, 9.17) is 34.0 Å². The summed E-state index contributed by atoms with van der Waals surface area (Å²) in [6.45, 7) is 26.1. The molecule has 0 radical (unpaired) electrons. The molecule has 15 nitrogen and oxygen atoms in total. The summed E-state index contributed by atoms with van der Waals surface area (Å²) in [4.78, 5) is 67.6. The lowest BCUT2D eigenvalue weighted by Gasteiger charge is -2.65. The van der Waals surface area contributed by atoms with Gasteiger partial charge >= 0.3 is 17.9 Å². The molecule has 8 atom stereocenters. The summed E-state index contributed by atoms with van der Waals surface area (Å²) in [5.74, 6) is -1.71. The third-order valence-electron chi connectivity index (χ3n) is 12.0. The van der Waals surface area contributed by atoms with Gasteiger partial charge in [0.05, 0.1) is 48.9 Å². The van der Waals surface area contributed by atoms with Gasteiger partial charge in [-0.05, 0) is 69.7 Å². The molecule has 1 aromatic rings. The SMILES string of the molecule is C=C/C=C(\OC)[C@@H](CC(=O)O)NC(=O)SCC(C)C.CC.CC.CC=O.CO[C@H]1C(=O)[C@@]2(C)C(C[C@]3(O)CCC(C)=C1C3(C)C)[C@]1(OC(C)=O)CO[C@@H]1C[C@@H]2O.O=C(O)c1ccccc1. The van der Waals surface area contributed by atoms with Crippen LogP contribution in [0.15, 0.2) is 66.0 Å². The van der Waals surface area contributed by atoms with E-state index in [1.807, 2.05) is 62.3 Å². The van der Waals surface area contributed by atoms with E-state index in [1.165, 1.54) is 34.1 Å². The highest BCUT2D eigenvalue weighted by molar-refractivity contribution is 8.13. The number of carbonyl (C=O) groups is 6. The van der Waals surface area contributed by atoms with Gasteiger partial charge in [-0.3, -0.25) is 19.2 Å². The summed E-state index contributed by atoms with van der Waals surface area (Å²) in [5, 5.41) is 42.8. The number of esters is 1. The molecule has 1 aromatic carbocycles. The minimum Gasteiger partial charge on any atom is -0.499 e. The summed E-state index contributed by atoms with van der Waals surface area (Å²) in [7, 11) is 2.93. The Hall–Kier alpha value is -4.35. The lowest BCUT2D eigenvalue weighted by molar-refractivity contribution is -0.327. The number of carboxylic acids is 2. The van der Waals surface area contributed by atoms with Crippen LogP contribution in [-0.2, 0) is 38.1 Å². The number of aliphatic hydroxyl groups excluding tert-OH is 1. The van der Waals surface area contributed by atoms with Crippen molar-refractivity contribution in [1.29, 1.82) is 0 Å². The highest BCUT2D eigenvalue weighted by Crippen LogP contribution is 2.63. The van der Waals surface area contributed by atoms with E-state index in [1.54, 1.807) is 43.3 Å². The van der Waals surface area contributed by atoms with Gasteiger partial charge in [-0.25, -0.2) is 4.79 Å². The summed E-state index contributed by atoms with van der Waals surface area (Å²) in [5.41, 5.74) is -1.95. The number of ether oxygens (including phenoxy) is 4. The molecule has 65 heavy (non-hydrogen) atoms. The molecular weight excluding hydrogens is 859 g/mol. The maximum absolute atomic E-state index is 14.1. The van der Waals surface area contributed by atoms with Crippen LogP contribution >= 0.6 is 11.8 Å². The number of benzene rings is 1. The minimum atomic E-state index is -1.25. The zero-order valence-electron chi connectivity index (χ0n) is 41.0. The monoisotopic (exact) mass is 936 g/mol. The number of aliphatic hydroxyl groups is 2. The molecule has 5 rings (SSSR count). The quantitative estimate of drug-likeness (QED) is 0.0463. The normalized spacial score (nSPS) is 27.3. The Morgan fingerprint density at radius 1 is 1.05 bits per heavy atom. The number of rotatable bonds is 11. The first-order chi connectivity index (χ1) is 30.5. The predicted octanol–water partition coefficient (Wildman–Crippen LogP) is 8.22. The van der Waals surface area contributed by atoms with Gasteiger partial charge in [0.2, 0.25) is 0 Å². The lowest BCUT2D eigenvalue weighted by atomic mass is 9.46. The van der Waals surface area contributed by atoms with Crippen LogP contribution < -0.4 is 5.32 Å². The van der Waals surface area contributed by atoms with Crippen molar-refractivity contribution in [3.63, 3.8) is 0 Å². The van der Waals surface area contributed by atoms with E-state index in [2.05, 4.69) is 11.9 Å². The van der Waals surface area contributed by atoms with Gasteiger partial charge in [0.25, 0.3) is 5.24 Å². The van der Waals surface area contributed by atoms with Crippen molar-refractivity contribution in [2.45, 2.75) is 151 Å². The molecule has 1 heterocycles. The van der Waals surface area contributed by atoms with Crippen LogP contribution in [0, 0.1) is 22.7 Å². The fourth-order valence-corrected chi connectivity index (χ4v) is 9.37. The average Bonchev–Trinajstić information content (AvgIpc) is 3.25. The van der Waals surface area contributed by atoms with Gasteiger partial charge in [0.15, 0.2) is 11.4 Å². The molecule has 1 saturated heterocycles. The summed E-state index contributed by atoms with van der Waals surface area (Å²) < 4.78 is 22.4. The number of aliphatic carboxylic acids is 1. The van der Waals surface area contributed by atoms with Crippen molar-refractivity contribution in [2.75, 3.05) is 26.6 Å². The first kappa shape index (κ1) is 60.6. The fraction of sp³-hybridized carbons (Fsp3) is 0.633. The van der Waals surface area contributed by atoms with E-state index in [0.29, 0.717) is 35.8 Å². The number of Topliss-reactive ketones (excluding diaryl/α,β-unsaturated/α-hetero) is 1. The van der Waals surface area contributed by atoms with Crippen molar-refractivity contribution in [3.05, 3.63) is 71.5 Å². The van der Waals surface area contributed by atoms with Crippen LogP contribution in [-0.4, -0.2) is 118 Å². The molecule has 3 fully saturated rings. The van der Waals surface area contributed by atoms with Gasteiger partial charge in [0.1, 0.15) is 24.3 Å². The predicted molar refractivity (Wildman–Crippen MR) is 253 cm³/mol. The van der Waals surface area contributed by atoms with Crippen LogP contribution in [0.2, 0.25) is 0 Å². The molecular formula is C49H77NO14S. The Bertz CT molecular complexity index is 1800. The van der Waals surface area contributed by atoms with E-state index in [-0.39, 0.29) is 36.9 Å². The van der Waals surface area contributed by atoms with E-state index < -0.39 is 70.2 Å². The number of amides is 1. The van der Waals surface area contributed by atoms with E-state index in [9.17, 15) is 34.2 Å². The van der Waals surface area contributed by atoms with Gasteiger partial charge in [-0.1, -0.05) is 104 Å². The highest BCUT2D eigenvalue weighted by Gasteiger charge is 2.73. The number of hydrogen-bond donors (Lipinski definition) is 5. The summed E-state index contributed by atoms with van der Waals surface area (Å²) in [6.07, 6.45) is 2.81. The number of thioether (sulfide) groups is 1. The maximum atomic E-state index is 14.1. The number of carbonyl (C=O) groups excluding carboxylic acids is 4. The number of aromatic carboxylic acids is 1. The third-order valence-corrected chi connectivity index (χ3v) is 13.2. The Morgan fingerprint density at radius 2 is 1.62 bits per heavy atom. The lowest BCUT2D eigenvalue weighted by Crippen LogP contribution is -2.77. The van der Waals surface area contributed by atoms with E-state index >= 15 is 0 Å². The van der Waals surface area contributed by atoms with Crippen LogP contribution in [0.4, 0.5) is 4.79 Å². The van der Waals surface area contributed by atoms with Crippen LogP contribution in [0.25, 0.3) is 0 Å². The Morgan fingerprint density at radius 3 is 2.03 bits per heavy atom. The standard InChI is InChI=1S/C23H34O7.C13H21NO4S.C7H6O2.C2H4O.2C2H6/c1-12-7-8-22(27)10-14-21(5,19(26)18(28-6)17(12)20(22,3)4)15(25)9-16-23(14,11-29-16)30-13(2)24;1-5-6-11(18-4)10(7-12(15)16)14-13(17)19-8-9(2)3;8-7(9)6-4-2-1-3-5-6;1-2-3;2*1-2/h14-16,18,25,27H,7-11H2,1-6H3;5-6,9-10H,1,7-8H2,2-4H3,(H,14,17)(H,15,16);1-5H,(H,8,9);2H,1H3;2*1-2H3/b;11-6-;;;;/t14?,15-,16+,18+,21-,22+,23+;10-;;;;/m01..../s1. The average molecular weight is 936 g/mol. The van der Waals surface area contributed by atoms with Gasteiger partial charge < -0.3 is 49.5 Å². The third kappa shape index (κ3) is 15.1. The fourth-order valence-electron chi connectivity index (χ4n) is 8.66. The summed E-state index contributed by atoms with van der Waals surface area (Å²) in [6, 6.07) is 7.61. The van der Waals surface area contributed by atoms with Crippen molar-refractivity contribution in [3.8, 4) is 0 Å². The van der Waals surface area contributed by atoms with Crippen LogP contribution in [0.3, 0.4) is 0 Å². The Kier molecular flexibility index (Phi) is 26.1. The Balaban J connectivity index is 0.000000998. The number of carboxylic acid groups (broad SMARTS) is 2. The second-order valence-corrected chi connectivity index (χ2v) is 17.7. The molecule has 4 aliphatic rings. The largest absolute Gasteiger partial charge is 0.499 e. The number of aldehydes is 1. The first-order valence-corrected chi connectivity index (χ1v) is 23.1. The van der Waals surface area contributed by atoms with Crippen LogP contribution in [0.1, 0.15) is 126 Å². The molecule has 1 unspecified atom stereocenters. The second-order valence-electron chi connectivity index (χ2n) is 16.7. The molecule has 1 amide bonds. The molecule has 2 bridgehead atoms. The molecule has 368 valence electrons. The molecule has 2 saturated carbocycles. The number of methoxy groups -OCH3 is 2. The smallest absolute Gasteiger partial charge is 0.335 e. The van der Waals surface area contributed by atoms with Gasteiger partial charge in [-0.15, -0.1) is 0 Å². The number of fused-ring (bicyclic) bond motifs is 5. The van der Waals surface area contributed by atoms with Crippen molar-refractivity contribution >= 4 is 47.0 Å². The van der Waals surface area contributed by atoms with Crippen LogP contribution in [0.5, 0.6) is 0 Å². The summed E-state index contributed by atoms with van der Waals surface area (Å²) >= 11 is 1.13. The molecule has 0 aromatic heterocycles. The topological polar surface area (TPSA) is 232 Å². The number of ketones is 1. The van der Waals surface area contributed by atoms with Gasteiger partial charge in [0, 0.05) is 37.5 Å². The minimum absolute atomic E-state index is 0.160. The molecule has 1 aliphatic heterocycles.